The zero-order chi connectivity index (χ0) is 12.0. The second-order valence-electron chi connectivity index (χ2n) is 3.10. The number of esters is 1. The molecule has 90 valence electrons. The minimum absolute atomic E-state index is 0.337. The van der Waals surface area contributed by atoms with Gasteiger partial charge in [-0.3, -0.25) is 4.79 Å². The van der Waals surface area contributed by atoms with E-state index in [9.17, 15) is 4.79 Å². The molecule has 1 unspecified atom stereocenters. The normalized spacial score (nSPS) is 12.4. The highest BCUT2D eigenvalue weighted by molar-refractivity contribution is 8.00. The molecule has 0 saturated carbocycles. The van der Waals surface area contributed by atoms with Crippen LogP contribution in [0, 0.1) is 6.92 Å². The Labute approximate surface area is 103 Å². The Morgan fingerprint density at radius 3 is 3.00 bits per heavy atom. The lowest BCUT2D eigenvalue weighted by Crippen LogP contribution is -2.32. The predicted molar refractivity (Wildman–Crippen MR) is 64.6 cm³/mol. The van der Waals surface area contributed by atoms with Crippen molar-refractivity contribution in [2.24, 2.45) is 5.73 Å². The van der Waals surface area contributed by atoms with Gasteiger partial charge in [0, 0.05) is 5.75 Å². The SMILES string of the molecule is CCOC(=O)C(N)CCSc1nc(C)ns1. The van der Waals surface area contributed by atoms with Gasteiger partial charge in [-0.25, -0.2) is 4.98 Å². The van der Waals surface area contributed by atoms with Gasteiger partial charge in [-0.15, -0.1) is 0 Å². The van der Waals surface area contributed by atoms with Crippen LogP contribution < -0.4 is 5.73 Å². The van der Waals surface area contributed by atoms with Gasteiger partial charge in [0.1, 0.15) is 11.9 Å². The minimum atomic E-state index is -0.540. The van der Waals surface area contributed by atoms with Gasteiger partial charge in [0.05, 0.1) is 6.61 Å². The van der Waals surface area contributed by atoms with E-state index in [1.807, 2.05) is 6.92 Å². The van der Waals surface area contributed by atoms with Crippen LogP contribution in [0.5, 0.6) is 0 Å². The Balaban J connectivity index is 2.22. The zero-order valence-corrected chi connectivity index (χ0v) is 10.9. The highest BCUT2D eigenvalue weighted by Gasteiger charge is 2.14. The van der Waals surface area contributed by atoms with Crippen LogP contribution in [0.4, 0.5) is 0 Å². The number of rotatable bonds is 6. The smallest absolute Gasteiger partial charge is 0.322 e. The third-order valence-corrected chi connectivity index (χ3v) is 3.71. The summed E-state index contributed by atoms with van der Waals surface area (Å²) in [7, 11) is 0. The number of aryl methyl sites for hydroxylation is 1. The molecular formula is C9H15N3O2S2. The van der Waals surface area contributed by atoms with Crippen molar-refractivity contribution in [1.82, 2.24) is 9.36 Å². The molecule has 1 aromatic rings. The lowest BCUT2D eigenvalue weighted by atomic mass is 10.2. The fraction of sp³-hybridized carbons (Fsp3) is 0.667. The zero-order valence-electron chi connectivity index (χ0n) is 9.30. The number of thioether (sulfide) groups is 1. The van der Waals surface area contributed by atoms with E-state index in [4.69, 9.17) is 10.5 Å². The molecule has 1 atom stereocenters. The standard InChI is InChI=1S/C9H15N3O2S2/c1-3-14-8(13)7(10)4-5-15-9-11-6(2)12-16-9/h7H,3-5,10H2,1-2H3. The van der Waals surface area contributed by atoms with E-state index >= 15 is 0 Å². The van der Waals surface area contributed by atoms with E-state index in [1.165, 1.54) is 11.5 Å². The van der Waals surface area contributed by atoms with Crippen molar-refractivity contribution < 1.29 is 9.53 Å². The molecule has 0 aromatic carbocycles. The van der Waals surface area contributed by atoms with Gasteiger partial charge in [-0.1, -0.05) is 11.8 Å². The summed E-state index contributed by atoms with van der Waals surface area (Å²) in [5, 5.41) is 0. The van der Waals surface area contributed by atoms with Crippen molar-refractivity contribution in [3.8, 4) is 0 Å². The first-order valence-corrected chi connectivity index (χ1v) is 6.74. The van der Waals surface area contributed by atoms with Crippen LogP contribution in [-0.4, -0.2) is 33.7 Å². The number of nitrogens with zero attached hydrogens (tertiary/aromatic N) is 2. The van der Waals surface area contributed by atoms with Crippen LogP contribution in [0.3, 0.4) is 0 Å². The van der Waals surface area contributed by atoms with Crippen molar-refractivity contribution in [3.05, 3.63) is 5.82 Å². The van der Waals surface area contributed by atoms with Gasteiger partial charge in [-0.05, 0) is 31.8 Å². The molecule has 0 aliphatic rings. The lowest BCUT2D eigenvalue weighted by molar-refractivity contribution is -0.144. The number of carbonyl (C=O) groups excluding carboxylic acids is 1. The summed E-state index contributed by atoms with van der Waals surface area (Å²) >= 11 is 2.93. The third kappa shape index (κ3) is 4.46. The monoisotopic (exact) mass is 261 g/mol. The molecule has 1 rings (SSSR count). The van der Waals surface area contributed by atoms with Gasteiger partial charge in [-0.2, -0.15) is 4.37 Å². The summed E-state index contributed by atoms with van der Waals surface area (Å²) in [6, 6.07) is -0.540. The maximum absolute atomic E-state index is 11.2. The number of hydrogen-bond donors (Lipinski definition) is 1. The first kappa shape index (κ1) is 13.4. The maximum Gasteiger partial charge on any atom is 0.322 e. The largest absolute Gasteiger partial charge is 0.465 e. The number of ether oxygens (including phenoxy) is 1. The van der Waals surface area contributed by atoms with Gasteiger partial charge in [0.2, 0.25) is 0 Å². The van der Waals surface area contributed by atoms with Gasteiger partial charge in [0.15, 0.2) is 4.34 Å². The molecule has 0 saturated heterocycles. The van der Waals surface area contributed by atoms with Gasteiger partial charge < -0.3 is 10.5 Å². The molecule has 1 aromatic heterocycles. The van der Waals surface area contributed by atoms with Crippen LogP contribution in [0.15, 0.2) is 4.34 Å². The molecule has 0 amide bonds. The summed E-state index contributed by atoms with van der Waals surface area (Å²) in [5.41, 5.74) is 5.65. The molecule has 0 bridgehead atoms. The average Bonchev–Trinajstić information content (AvgIpc) is 2.64. The second kappa shape index (κ2) is 6.82. The van der Waals surface area contributed by atoms with Crippen LogP contribution >= 0.6 is 23.3 Å². The highest BCUT2D eigenvalue weighted by atomic mass is 32.2. The topological polar surface area (TPSA) is 78.1 Å². The molecule has 7 heteroatoms. The molecule has 2 N–H and O–H groups in total. The van der Waals surface area contributed by atoms with Crippen LogP contribution in [-0.2, 0) is 9.53 Å². The highest BCUT2D eigenvalue weighted by Crippen LogP contribution is 2.20. The van der Waals surface area contributed by atoms with Crippen molar-refractivity contribution in [3.63, 3.8) is 0 Å². The van der Waals surface area contributed by atoms with E-state index in [-0.39, 0.29) is 5.97 Å². The summed E-state index contributed by atoms with van der Waals surface area (Å²) in [6.45, 7) is 3.99. The predicted octanol–water partition coefficient (Wildman–Crippen LogP) is 1.22. The van der Waals surface area contributed by atoms with Crippen molar-refractivity contribution in [2.75, 3.05) is 12.4 Å². The fourth-order valence-corrected chi connectivity index (χ4v) is 2.72. The summed E-state index contributed by atoms with van der Waals surface area (Å²) in [4.78, 5) is 15.4. The molecule has 0 fully saturated rings. The first-order chi connectivity index (χ1) is 7.63. The van der Waals surface area contributed by atoms with E-state index in [0.29, 0.717) is 13.0 Å². The number of nitrogens with two attached hydrogens (primary N) is 1. The number of aromatic nitrogens is 2. The third-order valence-electron chi connectivity index (χ3n) is 1.75. The molecule has 16 heavy (non-hydrogen) atoms. The van der Waals surface area contributed by atoms with Gasteiger partial charge >= 0.3 is 5.97 Å². The Kier molecular flexibility index (Phi) is 5.72. The van der Waals surface area contributed by atoms with E-state index in [1.54, 1.807) is 18.7 Å². The van der Waals surface area contributed by atoms with Crippen LogP contribution in [0.2, 0.25) is 0 Å². The van der Waals surface area contributed by atoms with E-state index in [0.717, 1.165) is 15.9 Å². The quantitative estimate of drug-likeness (QED) is 0.613. The van der Waals surface area contributed by atoms with Gasteiger partial charge in [0.25, 0.3) is 0 Å². The molecular weight excluding hydrogens is 246 g/mol. The van der Waals surface area contributed by atoms with Crippen molar-refractivity contribution >= 4 is 29.3 Å². The molecule has 1 heterocycles. The maximum atomic E-state index is 11.2. The minimum Gasteiger partial charge on any atom is -0.465 e. The molecule has 5 nitrogen and oxygen atoms in total. The summed E-state index contributed by atoms with van der Waals surface area (Å²) in [6.07, 6.45) is 0.585. The Hall–Kier alpha value is -0.660. The fourth-order valence-electron chi connectivity index (χ4n) is 0.977. The van der Waals surface area contributed by atoms with Crippen molar-refractivity contribution in [1.29, 1.82) is 0 Å². The van der Waals surface area contributed by atoms with Crippen LogP contribution in [0.25, 0.3) is 0 Å². The van der Waals surface area contributed by atoms with E-state index < -0.39 is 6.04 Å². The lowest BCUT2D eigenvalue weighted by Gasteiger charge is -2.08. The number of hydrogen-bond acceptors (Lipinski definition) is 7. The Morgan fingerprint density at radius 2 is 2.44 bits per heavy atom. The van der Waals surface area contributed by atoms with E-state index in [2.05, 4.69) is 9.36 Å². The Bertz CT molecular complexity index is 343. The molecule has 0 radical (unpaired) electrons. The number of carbonyl (C=O) groups is 1. The van der Waals surface area contributed by atoms with Crippen molar-refractivity contribution in [2.45, 2.75) is 30.6 Å². The second-order valence-corrected chi connectivity index (χ2v) is 5.20. The Morgan fingerprint density at radius 1 is 1.69 bits per heavy atom. The molecule has 0 aliphatic carbocycles. The van der Waals surface area contributed by atoms with Crippen LogP contribution in [0.1, 0.15) is 19.2 Å². The summed E-state index contributed by atoms with van der Waals surface area (Å²) < 4.78 is 9.79. The summed E-state index contributed by atoms with van der Waals surface area (Å²) in [5.74, 6) is 1.19. The molecule has 0 aliphatic heterocycles. The average molecular weight is 261 g/mol. The first-order valence-electron chi connectivity index (χ1n) is 4.98. The molecule has 0 spiro atoms.